The minimum atomic E-state index is -0.528. The van der Waals surface area contributed by atoms with Gasteiger partial charge in [0.25, 0.3) is 0 Å². The van der Waals surface area contributed by atoms with Crippen molar-refractivity contribution < 1.29 is 9.53 Å². The highest BCUT2D eigenvalue weighted by atomic mass is 16.5. The van der Waals surface area contributed by atoms with Crippen LogP contribution in [0.3, 0.4) is 0 Å². The van der Waals surface area contributed by atoms with E-state index >= 15 is 0 Å². The van der Waals surface area contributed by atoms with Gasteiger partial charge in [-0.2, -0.15) is 0 Å². The summed E-state index contributed by atoms with van der Waals surface area (Å²) in [4.78, 5) is 12.9. The quantitative estimate of drug-likeness (QED) is 0.840. The molecule has 1 aliphatic heterocycles. The molecule has 1 aromatic rings. The summed E-state index contributed by atoms with van der Waals surface area (Å²) in [5.41, 5.74) is 0.739. The van der Waals surface area contributed by atoms with Gasteiger partial charge in [-0.05, 0) is 55.7 Å². The molecule has 1 aliphatic rings. The highest BCUT2D eigenvalue weighted by molar-refractivity contribution is 5.83. The van der Waals surface area contributed by atoms with Crippen LogP contribution in [0.1, 0.15) is 52.0 Å². The summed E-state index contributed by atoms with van der Waals surface area (Å²) >= 11 is 0. The molecule has 23 heavy (non-hydrogen) atoms. The molecule has 2 rings (SSSR count). The first kappa shape index (κ1) is 18.0. The zero-order chi connectivity index (χ0) is 16.9. The van der Waals surface area contributed by atoms with Crippen LogP contribution in [-0.4, -0.2) is 26.2 Å². The van der Waals surface area contributed by atoms with Gasteiger partial charge >= 0.3 is 5.97 Å². The molecule has 1 aromatic carbocycles. The Hall–Kier alpha value is -1.35. The highest BCUT2D eigenvalue weighted by Gasteiger charge is 2.45. The lowest BCUT2D eigenvalue weighted by molar-refractivity contribution is -0.149. The van der Waals surface area contributed by atoms with Crippen LogP contribution >= 0.6 is 0 Å². The second-order valence-electron chi connectivity index (χ2n) is 7.85. The number of benzene rings is 1. The maximum atomic E-state index is 12.9. The summed E-state index contributed by atoms with van der Waals surface area (Å²) in [6.45, 7) is 8.82. The number of hydrogen-bond donors (Lipinski definition) is 1. The number of hydrogen-bond acceptors (Lipinski definition) is 3. The lowest BCUT2D eigenvalue weighted by atomic mass is 9.65. The van der Waals surface area contributed by atoms with Crippen LogP contribution in [0.4, 0.5) is 0 Å². The van der Waals surface area contributed by atoms with Crippen LogP contribution in [0, 0.1) is 11.3 Å². The lowest BCUT2D eigenvalue weighted by Gasteiger charge is -2.39. The smallest absolute Gasteiger partial charge is 0.316 e. The molecule has 0 aliphatic carbocycles. The maximum absolute atomic E-state index is 12.9. The van der Waals surface area contributed by atoms with E-state index in [1.54, 1.807) is 0 Å². The fourth-order valence-electron chi connectivity index (χ4n) is 3.80. The first-order valence-electron chi connectivity index (χ1n) is 8.75. The Morgan fingerprint density at radius 3 is 2.52 bits per heavy atom. The van der Waals surface area contributed by atoms with Gasteiger partial charge in [0.15, 0.2) is 0 Å². The third-order valence-corrected chi connectivity index (χ3v) is 5.35. The van der Waals surface area contributed by atoms with E-state index in [9.17, 15) is 4.79 Å². The van der Waals surface area contributed by atoms with Crippen molar-refractivity contribution in [3.8, 4) is 0 Å². The van der Waals surface area contributed by atoms with Gasteiger partial charge < -0.3 is 10.1 Å². The van der Waals surface area contributed by atoms with Gasteiger partial charge in [0.1, 0.15) is 0 Å². The van der Waals surface area contributed by atoms with Crippen molar-refractivity contribution in [2.45, 2.75) is 51.9 Å². The van der Waals surface area contributed by atoms with E-state index in [1.165, 1.54) is 7.11 Å². The fourth-order valence-corrected chi connectivity index (χ4v) is 3.80. The average Bonchev–Trinajstić information content (AvgIpc) is 2.65. The molecule has 1 fully saturated rings. The topological polar surface area (TPSA) is 38.3 Å². The Kier molecular flexibility index (Phi) is 5.85. The van der Waals surface area contributed by atoms with Crippen molar-refractivity contribution >= 4 is 5.97 Å². The van der Waals surface area contributed by atoms with Crippen LogP contribution in [0.5, 0.6) is 0 Å². The molecule has 2 atom stereocenters. The SMILES string of the molecule is COC(=O)[C@@]1(c2ccccc2)CCCNCC[C@H](C(C)(C)C)C1. The maximum Gasteiger partial charge on any atom is 0.316 e. The summed E-state index contributed by atoms with van der Waals surface area (Å²) in [6, 6.07) is 10.2. The van der Waals surface area contributed by atoms with E-state index in [-0.39, 0.29) is 11.4 Å². The molecular formula is C20H31NO2. The van der Waals surface area contributed by atoms with Gasteiger partial charge in [-0.3, -0.25) is 4.79 Å². The van der Waals surface area contributed by atoms with Crippen molar-refractivity contribution in [2.24, 2.45) is 11.3 Å². The number of carbonyl (C=O) groups excluding carboxylic acids is 1. The molecule has 0 radical (unpaired) electrons. The van der Waals surface area contributed by atoms with E-state index in [4.69, 9.17) is 4.74 Å². The summed E-state index contributed by atoms with van der Waals surface area (Å²) in [5, 5.41) is 3.52. The highest BCUT2D eigenvalue weighted by Crippen LogP contribution is 2.44. The number of nitrogens with one attached hydrogen (secondary N) is 1. The molecule has 1 heterocycles. The Balaban J connectivity index is 2.48. The molecular weight excluding hydrogens is 286 g/mol. The second kappa shape index (κ2) is 7.48. The third kappa shape index (κ3) is 4.14. The van der Waals surface area contributed by atoms with Crippen LogP contribution in [0.15, 0.2) is 30.3 Å². The molecule has 0 aromatic heterocycles. The molecule has 0 spiro atoms. The first-order chi connectivity index (χ1) is 10.9. The second-order valence-corrected chi connectivity index (χ2v) is 7.85. The standard InChI is InChI=1S/C20H31NO2/c1-19(2,3)17-11-14-21-13-8-12-20(15-17,18(22)23-4)16-9-6-5-7-10-16/h5-7,9-10,17,21H,8,11-15H2,1-4H3/t17-,20-/m0/s1. The average molecular weight is 317 g/mol. The predicted molar refractivity (Wildman–Crippen MR) is 94.4 cm³/mol. The molecule has 0 bridgehead atoms. The molecule has 3 heteroatoms. The van der Waals surface area contributed by atoms with Crippen molar-refractivity contribution in [2.75, 3.05) is 20.2 Å². The van der Waals surface area contributed by atoms with Gasteiger partial charge in [0.2, 0.25) is 0 Å². The molecule has 3 nitrogen and oxygen atoms in total. The van der Waals surface area contributed by atoms with E-state index in [2.05, 4.69) is 38.2 Å². The van der Waals surface area contributed by atoms with Gasteiger partial charge in [0, 0.05) is 0 Å². The molecule has 1 N–H and O–H groups in total. The largest absolute Gasteiger partial charge is 0.468 e. The number of rotatable bonds is 2. The van der Waals surface area contributed by atoms with Gasteiger partial charge in [-0.15, -0.1) is 0 Å². The fraction of sp³-hybridized carbons (Fsp3) is 0.650. The minimum absolute atomic E-state index is 0.0835. The number of carbonyl (C=O) groups is 1. The van der Waals surface area contributed by atoms with Gasteiger partial charge in [0.05, 0.1) is 12.5 Å². The molecule has 1 saturated heterocycles. The molecule has 0 saturated carbocycles. The van der Waals surface area contributed by atoms with Crippen molar-refractivity contribution in [1.29, 1.82) is 0 Å². The summed E-state index contributed by atoms with van der Waals surface area (Å²) in [5.74, 6) is 0.382. The van der Waals surface area contributed by atoms with E-state index < -0.39 is 5.41 Å². The summed E-state index contributed by atoms with van der Waals surface area (Å²) in [7, 11) is 1.52. The first-order valence-corrected chi connectivity index (χ1v) is 8.75. The van der Waals surface area contributed by atoms with Gasteiger partial charge in [-0.1, -0.05) is 51.1 Å². The lowest BCUT2D eigenvalue weighted by Crippen LogP contribution is -2.41. The van der Waals surface area contributed by atoms with Crippen LogP contribution in [0.25, 0.3) is 0 Å². The zero-order valence-corrected chi connectivity index (χ0v) is 15.0. The van der Waals surface area contributed by atoms with Crippen molar-refractivity contribution in [3.05, 3.63) is 35.9 Å². The van der Waals surface area contributed by atoms with E-state index in [0.29, 0.717) is 5.92 Å². The Morgan fingerprint density at radius 2 is 1.91 bits per heavy atom. The minimum Gasteiger partial charge on any atom is -0.468 e. The van der Waals surface area contributed by atoms with Crippen LogP contribution < -0.4 is 5.32 Å². The molecule has 0 unspecified atom stereocenters. The Morgan fingerprint density at radius 1 is 1.22 bits per heavy atom. The van der Waals surface area contributed by atoms with Gasteiger partial charge in [-0.25, -0.2) is 0 Å². The predicted octanol–water partition coefficient (Wildman–Crippen LogP) is 3.92. The van der Waals surface area contributed by atoms with Crippen molar-refractivity contribution in [3.63, 3.8) is 0 Å². The Labute approximate surface area is 140 Å². The van der Waals surface area contributed by atoms with Crippen LogP contribution in [-0.2, 0) is 14.9 Å². The van der Waals surface area contributed by atoms with E-state index in [0.717, 1.165) is 44.3 Å². The monoisotopic (exact) mass is 317 g/mol. The molecule has 128 valence electrons. The zero-order valence-electron chi connectivity index (χ0n) is 15.0. The summed E-state index contributed by atoms with van der Waals surface area (Å²) < 4.78 is 5.29. The third-order valence-electron chi connectivity index (χ3n) is 5.35. The normalized spacial score (nSPS) is 26.7. The Bertz CT molecular complexity index is 506. The van der Waals surface area contributed by atoms with E-state index in [1.807, 2.05) is 18.2 Å². The number of esters is 1. The summed E-state index contributed by atoms with van der Waals surface area (Å²) in [6.07, 6.45) is 3.77. The van der Waals surface area contributed by atoms with Crippen molar-refractivity contribution in [1.82, 2.24) is 5.32 Å². The molecule has 0 amide bonds. The van der Waals surface area contributed by atoms with Crippen LogP contribution in [0.2, 0.25) is 0 Å². The number of methoxy groups -OCH3 is 1. The number of ether oxygens (including phenoxy) is 1.